The molecule has 0 heterocycles. The molecule has 25 heavy (non-hydrogen) atoms. The van der Waals surface area contributed by atoms with E-state index >= 15 is 0 Å². The van der Waals surface area contributed by atoms with Crippen LogP contribution in [0.15, 0.2) is 66.7 Å². The molecular formula is C25H30. The van der Waals surface area contributed by atoms with Gasteiger partial charge >= 0.3 is 0 Å². The maximum Gasteiger partial charge on any atom is -0.0152 e. The van der Waals surface area contributed by atoms with Crippen LogP contribution in [-0.4, -0.2) is 0 Å². The van der Waals surface area contributed by atoms with E-state index in [0.717, 1.165) is 12.8 Å². The average Bonchev–Trinajstić information content (AvgIpc) is 2.67. The van der Waals surface area contributed by atoms with Gasteiger partial charge in [0.05, 0.1) is 0 Å². The Balaban J connectivity index is 1.53. The smallest absolute Gasteiger partial charge is 0.0152 e. The van der Waals surface area contributed by atoms with E-state index in [2.05, 4.69) is 73.7 Å². The van der Waals surface area contributed by atoms with Gasteiger partial charge in [0.25, 0.3) is 0 Å². The zero-order chi connectivity index (χ0) is 17.3. The van der Waals surface area contributed by atoms with Gasteiger partial charge in [0, 0.05) is 0 Å². The van der Waals surface area contributed by atoms with Crippen LogP contribution in [0.1, 0.15) is 55.7 Å². The Kier molecular flexibility index (Phi) is 6.68. The number of benzene rings is 3. The quantitative estimate of drug-likeness (QED) is 0.366. The summed E-state index contributed by atoms with van der Waals surface area (Å²) < 4.78 is 0. The summed E-state index contributed by atoms with van der Waals surface area (Å²) in [5.41, 5.74) is 4.39. The third kappa shape index (κ3) is 5.19. The van der Waals surface area contributed by atoms with Crippen LogP contribution in [0.5, 0.6) is 0 Å². The Morgan fingerprint density at radius 1 is 0.560 bits per heavy atom. The zero-order valence-electron chi connectivity index (χ0n) is 15.5. The van der Waals surface area contributed by atoms with Crippen molar-refractivity contribution < 1.29 is 0 Å². The second-order valence-electron chi connectivity index (χ2n) is 7.12. The molecule has 0 bridgehead atoms. The number of fused-ring (bicyclic) bond motifs is 1. The molecule has 3 aromatic carbocycles. The molecule has 0 heteroatoms. The Hall–Kier alpha value is -2.08. The van der Waals surface area contributed by atoms with E-state index in [1.54, 1.807) is 0 Å². The summed E-state index contributed by atoms with van der Waals surface area (Å²) in [6.07, 6.45) is 10.2. The lowest BCUT2D eigenvalue weighted by Gasteiger charge is -2.08. The molecule has 0 saturated carbocycles. The molecule has 0 atom stereocenters. The molecule has 3 aromatic rings. The predicted octanol–water partition coefficient (Wildman–Crippen LogP) is 7.14. The summed E-state index contributed by atoms with van der Waals surface area (Å²) in [5.74, 6) is 0. The third-order valence-electron chi connectivity index (χ3n) is 5.15. The molecule has 0 nitrogen and oxygen atoms in total. The first-order valence-corrected chi connectivity index (χ1v) is 9.91. The number of hydrogen-bond donors (Lipinski definition) is 0. The van der Waals surface area contributed by atoms with Crippen molar-refractivity contribution in [1.29, 1.82) is 0 Å². The van der Waals surface area contributed by atoms with Crippen molar-refractivity contribution in [3.63, 3.8) is 0 Å². The van der Waals surface area contributed by atoms with Crippen molar-refractivity contribution in [2.45, 2.75) is 58.3 Å². The lowest BCUT2D eigenvalue weighted by atomic mass is 9.97. The van der Waals surface area contributed by atoms with Gasteiger partial charge in [0.2, 0.25) is 0 Å². The van der Waals surface area contributed by atoms with Crippen LogP contribution in [0, 0.1) is 0 Å². The van der Waals surface area contributed by atoms with E-state index in [1.165, 1.54) is 66.0 Å². The first-order valence-electron chi connectivity index (χ1n) is 9.91. The van der Waals surface area contributed by atoms with Gasteiger partial charge in [-0.05, 0) is 53.1 Å². The van der Waals surface area contributed by atoms with Crippen molar-refractivity contribution in [2.75, 3.05) is 0 Å². The fourth-order valence-corrected chi connectivity index (χ4v) is 3.59. The highest BCUT2D eigenvalue weighted by molar-refractivity contribution is 5.85. The fraction of sp³-hybridized carbons (Fsp3) is 0.360. The van der Waals surface area contributed by atoms with E-state index < -0.39 is 0 Å². The van der Waals surface area contributed by atoms with E-state index in [-0.39, 0.29) is 0 Å². The highest BCUT2D eigenvalue weighted by Gasteiger charge is 2.02. The van der Waals surface area contributed by atoms with Crippen LogP contribution < -0.4 is 0 Å². The number of hydrogen-bond acceptors (Lipinski definition) is 0. The fourth-order valence-electron chi connectivity index (χ4n) is 3.59. The Morgan fingerprint density at radius 2 is 1.24 bits per heavy atom. The second-order valence-corrected chi connectivity index (χ2v) is 7.12. The maximum absolute atomic E-state index is 2.33. The van der Waals surface area contributed by atoms with Crippen LogP contribution in [0.3, 0.4) is 0 Å². The number of rotatable bonds is 9. The van der Waals surface area contributed by atoms with Gasteiger partial charge in [-0.1, -0.05) is 99.3 Å². The standard InChI is InChI=1S/C25H30/c1-2-3-4-5-6-10-21-15-17-22(18-16-21)19-20-24-13-9-12-23-11-7-8-14-25(23)24/h7-9,11-18H,2-6,10,19-20H2,1H3. The topological polar surface area (TPSA) is 0 Å². The van der Waals surface area contributed by atoms with Crippen molar-refractivity contribution in [2.24, 2.45) is 0 Å². The van der Waals surface area contributed by atoms with Crippen molar-refractivity contribution >= 4 is 10.8 Å². The molecule has 0 radical (unpaired) electrons. The summed E-state index contributed by atoms with van der Waals surface area (Å²) >= 11 is 0. The molecule has 0 aliphatic carbocycles. The molecule has 0 spiro atoms. The molecule has 0 N–H and O–H groups in total. The zero-order valence-corrected chi connectivity index (χ0v) is 15.5. The normalized spacial score (nSPS) is 11.1. The van der Waals surface area contributed by atoms with Gasteiger partial charge in [0.1, 0.15) is 0 Å². The SMILES string of the molecule is CCCCCCCc1ccc(CCc2cccc3ccccc23)cc1. The number of unbranched alkanes of at least 4 members (excludes halogenated alkanes) is 4. The monoisotopic (exact) mass is 330 g/mol. The second kappa shape index (κ2) is 9.42. The lowest BCUT2D eigenvalue weighted by Crippen LogP contribution is -1.93. The molecule has 0 unspecified atom stereocenters. The summed E-state index contributed by atoms with van der Waals surface area (Å²) in [6.45, 7) is 2.27. The van der Waals surface area contributed by atoms with Crippen LogP contribution in [0.2, 0.25) is 0 Å². The third-order valence-corrected chi connectivity index (χ3v) is 5.15. The van der Waals surface area contributed by atoms with Gasteiger partial charge in [0.15, 0.2) is 0 Å². The van der Waals surface area contributed by atoms with Crippen molar-refractivity contribution in [3.05, 3.63) is 83.4 Å². The summed E-state index contributed by atoms with van der Waals surface area (Å²) in [4.78, 5) is 0. The van der Waals surface area contributed by atoms with Gasteiger partial charge < -0.3 is 0 Å². The minimum Gasteiger partial charge on any atom is -0.0654 e. The van der Waals surface area contributed by atoms with Crippen molar-refractivity contribution in [3.8, 4) is 0 Å². The van der Waals surface area contributed by atoms with E-state index in [0.29, 0.717) is 0 Å². The summed E-state index contributed by atoms with van der Waals surface area (Å²) in [6, 6.07) is 24.7. The molecule has 3 rings (SSSR count). The molecular weight excluding hydrogens is 300 g/mol. The average molecular weight is 331 g/mol. The maximum atomic E-state index is 2.33. The van der Waals surface area contributed by atoms with Crippen LogP contribution in [-0.2, 0) is 19.3 Å². The Bertz CT molecular complexity index is 762. The predicted molar refractivity (Wildman–Crippen MR) is 110 cm³/mol. The van der Waals surface area contributed by atoms with Gasteiger partial charge in [-0.15, -0.1) is 0 Å². The Labute approximate surface area is 152 Å². The molecule has 0 fully saturated rings. The van der Waals surface area contributed by atoms with Gasteiger partial charge in [-0.2, -0.15) is 0 Å². The molecule has 0 saturated heterocycles. The largest absolute Gasteiger partial charge is 0.0654 e. The first kappa shape index (κ1) is 17.7. The van der Waals surface area contributed by atoms with Crippen LogP contribution in [0.25, 0.3) is 10.8 Å². The molecule has 0 aliphatic heterocycles. The molecule has 0 amide bonds. The van der Waals surface area contributed by atoms with Crippen LogP contribution >= 0.6 is 0 Å². The molecule has 0 aromatic heterocycles. The molecule has 0 aliphatic rings. The minimum atomic E-state index is 1.11. The summed E-state index contributed by atoms with van der Waals surface area (Å²) in [7, 11) is 0. The van der Waals surface area contributed by atoms with E-state index in [4.69, 9.17) is 0 Å². The number of aryl methyl sites for hydroxylation is 3. The highest BCUT2D eigenvalue weighted by atomic mass is 14.1. The highest BCUT2D eigenvalue weighted by Crippen LogP contribution is 2.20. The minimum absolute atomic E-state index is 1.11. The van der Waals surface area contributed by atoms with Crippen molar-refractivity contribution in [1.82, 2.24) is 0 Å². The van der Waals surface area contributed by atoms with Crippen LogP contribution in [0.4, 0.5) is 0 Å². The summed E-state index contributed by atoms with van der Waals surface area (Å²) in [5, 5.41) is 2.74. The van der Waals surface area contributed by atoms with Gasteiger partial charge in [-0.3, -0.25) is 0 Å². The lowest BCUT2D eigenvalue weighted by molar-refractivity contribution is 0.632. The Morgan fingerprint density at radius 3 is 2.04 bits per heavy atom. The van der Waals surface area contributed by atoms with E-state index in [1.807, 2.05) is 0 Å². The van der Waals surface area contributed by atoms with Gasteiger partial charge in [-0.25, -0.2) is 0 Å². The first-order chi connectivity index (χ1) is 12.4. The van der Waals surface area contributed by atoms with E-state index in [9.17, 15) is 0 Å². The molecule has 130 valence electrons.